The maximum absolute atomic E-state index is 13.2. The molecule has 1 amide bonds. The zero-order chi connectivity index (χ0) is 26.4. The number of nitrogens with one attached hydrogen (secondary N) is 1. The molecule has 35 heavy (non-hydrogen) atoms. The van der Waals surface area contributed by atoms with Crippen LogP contribution in [0, 0.1) is 0 Å². The van der Waals surface area contributed by atoms with Crippen molar-refractivity contribution in [3.8, 4) is 0 Å². The molecule has 208 valence electrons. The normalized spacial score (nSPS) is 12.5. The molecule has 5 heteroatoms. The Morgan fingerprint density at radius 3 is 1.49 bits per heavy atom. The quantitative estimate of drug-likeness (QED) is 0.119. The van der Waals surface area contributed by atoms with Crippen LogP contribution in [0.15, 0.2) is 0 Å². The summed E-state index contributed by atoms with van der Waals surface area (Å²) < 4.78 is 11.5. The van der Waals surface area contributed by atoms with Crippen molar-refractivity contribution in [1.82, 2.24) is 5.32 Å². The fraction of sp³-hybridized carbons (Fsp3) is 0.933. The average Bonchev–Trinajstić information content (AvgIpc) is 2.78. The second-order valence-electron chi connectivity index (χ2n) is 11.2. The fourth-order valence-corrected chi connectivity index (χ4v) is 4.29. The molecule has 0 saturated carbocycles. The summed E-state index contributed by atoms with van der Waals surface area (Å²) in [6.45, 7) is 12.1. The Morgan fingerprint density at radius 1 is 0.629 bits per heavy atom. The molecule has 0 heterocycles. The molecule has 0 bridgehead atoms. The second kappa shape index (κ2) is 22.0. The molecule has 1 N–H and O–H groups in total. The van der Waals surface area contributed by atoms with Crippen molar-refractivity contribution in [3.05, 3.63) is 0 Å². The Kier molecular flexibility index (Phi) is 21.2. The first kappa shape index (κ1) is 33.7. The summed E-state index contributed by atoms with van der Waals surface area (Å²) >= 11 is 0. The van der Waals surface area contributed by atoms with Crippen molar-refractivity contribution < 1.29 is 19.1 Å². The van der Waals surface area contributed by atoms with Gasteiger partial charge in [-0.05, 0) is 52.9 Å². The molecule has 1 atom stereocenters. The van der Waals surface area contributed by atoms with Crippen LogP contribution in [0.1, 0.15) is 164 Å². The van der Waals surface area contributed by atoms with Gasteiger partial charge in [0.2, 0.25) is 0 Å². The molecule has 5 nitrogen and oxygen atoms in total. The Labute approximate surface area is 217 Å². The third-order valence-electron chi connectivity index (χ3n) is 6.36. The van der Waals surface area contributed by atoms with Gasteiger partial charge < -0.3 is 14.8 Å². The predicted molar refractivity (Wildman–Crippen MR) is 148 cm³/mol. The van der Waals surface area contributed by atoms with Crippen molar-refractivity contribution in [3.63, 3.8) is 0 Å². The smallest absolute Gasteiger partial charge is 0.408 e. The molecule has 0 spiro atoms. The topological polar surface area (TPSA) is 64.6 Å². The predicted octanol–water partition coefficient (Wildman–Crippen LogP) is 9.26. The highest BCUT2D eigenvalue weighted by Crippen LogP contribution is 2.19. The largest absolute Gasteiger partial charge is 0.461 e. The van der Waals surface area contributed by atoms with Crippen molar-refractivity contribution in [2.45, 2.75) is 181 Å². The SMILES string of the molecule is CCCCCCCCC(CCCCCCCC)OC(=O)C(CCCCCC)NC(=O)OC(C)(C)C. The van der Waals surface area contributed by atoms with Crippen LogP contribution in [0.3, 0.4) is 0 Å². The van der Waals surface area contributed by atoms with Crippen LogP contribution in [0.5, 0.6) is 0 Å². The first-order valence-electron chi connectivity index (χ1n) is 14.9. The van der Waals surface area contributed by atoms with E-state index in [1.165, 1.54) is 64.2 Å². The molecule has 0 fully saturated rings. The van der Waals surface area contributed by atoms with Crippen LogP contribution in [0.4, 0.5) is 4.79 Å². The monoisotopic (exact) mass is 497 g/mol. The van der Waals surface area contributed by atoms with Gasteiger partial charge in [0.05, 0.1) is 0 Å². The molecule has 0 aliphatic heterocycles. The summed E-state index contributed by atoms with van der Waals surface area (Å²) in [5.74, 6) is -0.297. The maximum atomic E-state index is 13.2. The van der Waals surface area contributed by atoms with Crippen LogP contribution < -0.4 is 5.32 Å². The van der Waals surface area contributed by atoms with E-state index in [0.29, 0.717) is 6.42 Å². The Morgan fingerprint density at radius 2 is 1.03 bits per heavy atom. The number of carbonyl (C=O) groups excluding carboxylic acids is 2. The first-order chi connectivity index (χ1) is 16.7. The maximum Gasteiger partial charge on any atom is 0.408 e. The molecule has 0 aromatic heterocycles. The van der Waals surface area contributed by atoms with E-state index in [9.17, 15) is 9.59 Å². The Bertz CT molecular complexity index is 499. The van der Waals surface area contributed by atoms with Gasteiger partial charge in [0.1, 0.15) is 17.7 Å². The van der Waals surface area contributed by atoms with Gasteiger partial charge >= 0.3 is 12.1 Å². The summed E-state index contributed by atoms with van der Waals surface area (Å²) in [6.07, 6.45) is 20.8. The number of hydrogen-bond donors (Lipinski definition) is 1. The molecule has 0 rings (SSSR count). The highest BCUT2D eigenvalue weighted by Gasteiger charge is 2.27. The van der Waals surface area contributed by atoms with Crippen molar-refractivity contribution in [2.24, 2.45) is 0 Å². The number of alkyl carbamates (subject to hydrolysis) is 1. The highest BCUT2D eigenvalue weighted by molar-refractivity contribution is 5.81. The number of carbonyl (C=O) groups is 2. The van der Waals surface area contributed by atoms with Gasteiger partial charge in [-0.1, -0.05) is 111 Å². The lowest BCUT2D eigenvalue weighted by Crippen LogP contribution is -2.45. The van der Waals surface area contributed by atoms with E-state index in [2.05, 4.69) is 26.1 Å². The summed E-state index contributed by atoms with van der Waals surface area (Å²) in [4.78, 5) is 25.6. The van der Waals surface area contributed by atoms with Crippen molar-refractivity contribution >= 4 is 12.1 Å². The van der Waals surface area contributed by atoms with Gasteiger partial charge in [-0.2, -0.15) is 0 Å². The second-order valence-corrected chi connectivity index (χ2v) is 11.2. The summed E-state index contributed by atoms with van der Waals surface area (Å²) in [6, 6.07) is -0.640. The average molecular weight is 498 g/mol. The minimum atomic E-state index is -0.640. The van der Waals surface area contributed by atoms with Crippen LogP contribution >= 0.6 is 0 Å². The van der Waals surface area contributed by atoms with E-state index in [1.807, 2.05) is 20.8 Å². The van der Waals surface area contributed by atoms with Crippen LogP contribution in [0.25, 0.3) is 0 Å². The van der Waals surface area contributed by atoms with Gasteiger partial charge in [-0.25, -0.2) is 9.59 Å². The standard InChI is InChI=1S/C30H59NO4/c1-7-10-13-16-18-20-23-26(24-21-19-17-14-11-8-2)34-28(32)27(25-22-15-12-9-3)31-29(33)35-30(4,5)6/h26-27H,7-25H2,1-6H3,(H,31,33). The summed E-state index contributed by atoms with van der Waals surface area (Å²) in [5, 5.41) is 2.80. The highest BCUT2D eigenvalue weighted by atomic mass is 16.6. The van der Waals surface area contributed by atoms with Gasteiger partial charge in [-0.3, -0.25) is 0 Å². The lowest BCUT2D eigenvalue weighted by molar-refractivity contribution is -0.152. The minimum absolute atomic E-state index is 0.0570. The first-order valence-corrected chi connectivity index (χ1v) is 14.9. The number of esters is 1. The van der Waals surface area contributed by atoms with E-state index in [1.54, 1.807) is 0 Å². The zero-order valence-electron chi connectivity index (χ0n) is 24.2. The van der Waals surface area contributed by atoms with Gasteiger partial charge in [0.25, 0.3) is 0 Å². The molecular weight excluding hydrogens is 438 g/mol. The van der Waals surface area contributed by atoms with Crippen molar-refractivity contribution in [2.75, 3.05) is 0 Å². The summed E-state index contributed by atoms with van der Waals surface area (Å²) in [7, 11) is 0. The molecule has 0 aromatic rings. The zero-order valence-corrected chi connectivity index (χ0v) is 24.2. The van der Waals surface area contributed by atoms with Gasteiger partial charge in [0.15, 0.2) is 0 Å². The number of hydrogen-bond acceptors (Lipinski definition) is 4. The van der Waals surface area contributed by atoms with Crippen LogP contribution in [0.2, 0.25) is 0 Å². The third-order valence-corrected chi connectivity index (χ3v) is 6.36. The molecule has 0 saturated heterocycles. The van der Waals surface area contributed by atoms with Crippen LogP contribution in [-0.2, 0) is 14.3 Å². The molecule has 0 aliphatic carbocycles. The van der Waals surface area contributed by atoms with Crippen LogP contribution in [-0.4, -0.2) is 29.8 Å². The molecule has 0 aromatic carbocycles. The molecule has 1 unspecified atom stereocenters. The number of unbranched alkanes of at least 4 members (excludes halogenated alkanes) is 13. The van der Waals surface area contributed by atoms with E-state index in [-0.39, 0.29) is 12.1 Å². The minimum Gasteiger partial charge on any atom is -0.461 e. The molecule has 0 radical (unpaired) electrons. The number of rotatable bonds is 22. The van der Waals surface area contributed by atoms with Gasteiger partial charge in [0, 0.05) is 0 Å². The fourth-order valence-electron chi connectivity index (χ4n) is 4.29. The molecular formula is C30H59NO4. The lowest BCUT2D eigenvalue weighted by atomic mass is 10.0. The van der Waals surface area contributed by atoms with Crippen molar-refractivity contribution in [1.29, 1.82) is 0 Å². The molecule has 0 aliphatic rings. The Balaban J connectivity index is 4.93. The number of amides is 1. The van der Waals surface area contributed by atoms with E-state index < -0.39 is 17.7 Å². The lowest BCUT2D eigenvalue weighted by Gasteiger charge is -2.25. The third kappa shape index (κ3) is 21.7. The van der Waals surface area contributed by atoms with Gasteiger partial charge in [-0.15, -0.1) is 0 Å². The Hall–Kier alpha value is -1.26. The van der Waals surface area contributed by atoms with E-state index >= 15 is 0 Å². The van der Waals surface area contributed by atoms with E-state index in [0.717, 1.165) is 51.4 Å². The number of ether oxygens (including phenoxy) is 2. The summed E-state index contributed by atoms with van der Waals surface area (Å²) in [5.41, 5.74) is -0.598. The van der Waals surface area contributed by atoms with E-state index in [4.69, 9.17) is 9.47 Å².